The minimum Gasteiger partial charge on any atom is -0.467 e. The fraction of sp³-hybridized carbons (Fsp3) is 0.411. The lowest BCUT2D eigenvalue weighted by atomic mass is 9.69. The average molecular weight is 1640 g/mol. The lowest BCUT2D eigenvalue weighted by Crippen LogP contribution is -2.54. The smallest absolute Gasteiger partial charge is 0.322 e. The van der Waals surface area contributed by atoms with Gasteiger partial charge in [0.15, 0.2) is 11.6 Å². The molecule has 8 amide bonds. The maximum atomic E-state index is 14.5. The summed E-state index contributed by atoms with van der Waals surface area (Å²) in [5, 5.41) is 30.6. The van der Waals surface area contributed by atoms with E-state index in [-0.39, 0.29) is 80.2 Å². The molecule has 121 heavy (non-hydrogen) atoms. The Morgan fingerprint density at radius 2 is 0.669 bits per heavy atom. The van der Waals surface area contributed by atoms with E-state index in [0.717, 1.165) is 131 Å². The van der Waals surface area contributed by atoms with Crippen LogP contribution in [0.2, 0.25) is 0 Å². The number of amides is 8. The lowest BCUT2D eigenvalue weighted by Gasteiger charge is -2.48. The van der Waals surface area contributed by atoms with Crippen molar-refractivity contribution < 1.29 is 37.1 Å². The van der Waals surface area contributed by atoms with E-state index in [9.17, 15) is 32.3 Å². The summed E-state index contributed by atoms with van der Waals surface area (Å²) >= 11 is 0. The second-order valence-electron chi connectivity index (χ2n) is 34.8. The quantitative estimate of drug-likeness (QED) is 0.0702. The molecular weight excluding hydrogens is 1530 g/mol. The van der Waals surface area contributed by atoms with Crippen molar-refractivity contribution in [2.24, 2.45) is 0 Å². The first-order chi connectivity index (χ1) is 58.2. The van der Waals surface area contributed by atoms with Crippen molar-refractivity contribution in [3.8, 4) is 18.1 Å². The van der Waals surface area contributed by atoms with E-state index in [1.165, 1.54) is 52.0 Å². The number of carbonyl (C=O) groups excluding carboxylic acids is 4. The molecule has 4 aliphatic carbocycles. The number of carbonyl (C=O) groups is 4. The number of aryl methyl sites for hydroxylation is 2. The maximum Gasteiger partial charge on any atom is 0.322 e. The van der Waals surface area contributed by atoms with Crippen molar-refractivity contribution in [3.05, 3.63) is 269 Å². The Kier molecular flexibility index (Phi) is 25.1. The van der Waals surface area contributed by atoms with Gasteiger partial charge in [-0.05, 0) is 224 Å². The summed E-state index contributed by atoms with van der Waals surface area (Å²) < 4.78 is 48.5. The van der Waals surface area contributed by atoms with Crippen molar-refractivity contribution in [1.29, 1.82) is 10.5 Å². The minimum absolute atomic E-state index is 0.00782. The largest absolute Gasteiger partial charge is 0.467 e. The highest BCUT2D eigenvalue weighted by molar-refractivity contribution is 5.97. The van der Waals surface area contributed by atoms with Crippen LogP contribution in [0.15, 0.2) is 207 Å². The summed E-state index contributed by atoms with van der Waals surface area (Å²) in [6.07, 6.45) is 22.8. The van der Waals surface area contributed by atoms with Crippen molar-refractivity contribution in [2.75, 3.05) is 109 Å². The van der Waals surface area contributed by atoms with E-state index in [1.807, 2.05) is 41.3 Å². The van der Waals surface area contributed by atoms with Crippen LogP contribution in [0.4, 0.5) is 55.1 Å². The second kappa shape index (κ2) is 35.5. The molecule has 8 fully saturated rings. The fourth-order valence-corrected chi connectivity index (χ4v) is 20.1. The first-order valence-corrected chi connectivity index (χ1v) is 41.8. The molecule has 2 aromatic heterocycles. The molecule has 4 saturated carbocycles. The molecule has 0 unspecified atom stereocenters. The van der Waals surface area contributed by atoms with E-state index < -0.39 is 34.7 Å². The van der Waals surface area contributed by atoms with Crippen LogP contribution in [0.5, 0.6) is 6.01 Å². The zero-order valence-corrected chi connectivity index (χ0v) is 70.6. The molecule has 9 aromatic rings. The normalized spacial score (nSPS) is 26.1. The van der Waals surface area contributed by atoms with Crippen LogP contribution < -0.4 is 45.6 Å². The van der Waals surface area contributed by atoms with Gasteiger partial charge in [0.2, 0.25) is 0 Å². The predicted octanol–water partition coefficient (Wildman–Crippen LogP) is 15.5. The number of nitrogens with one attached hydrogen (secondary N) is 4. The number of rotatable bonds is 16. The highest BCUT2D eigenvalue weighted by Crippen LogP contribution is 2.52. The molecule has 0 bridgehead atoms. The number of hydrogen-bond acceptors (Lipinski definition) is 15. The third-order valence-corrected chi connectivity index (χ3v) is 27.5. The third kappa shape index (κ3) is 17.5. The minimum atomic E-state index is -0.901. The van der Waals surface area contributed by atoms with Gasteiger partial charge in [0.1, 0.15) is 17.3 Å². The standard InChI is InChI=1S/C28H33N5O.C23H24F2N4O.C23H25FN4O.C21H27N5O2/c1-32(2)28(23-11-7-4-8-12-23)17-15-27(16-18-28)21-33(26(34)31-27)24-19-29-25(30-20-24)14-13-22-9-5-3-6-10-22;1-28(2)23(17-6-4-3-5-7-17)10-8-22(9-11-23)15-29(21(30)27-22)20-18(24)12-16(14-26)13-19(20)25;1-27(2)23(18-6-4-3-5-7-18)12-10-22(11-13-23)16-28(21(29)26-22)20-9-8-17(15-25)14-19(20)24;1-25(2)21(16-7-5-4-6-8-16)11-9-20(10-12-21)15-26(19(27)24-20)17-13-22-18(28-3)23-14-17/h3-12,19-20H,13-18,21H2,1-2H3,(H,31,34);3-7,12-13H,8-11,15H2,1-2H3,(H,27,30);3-9,14H,10-13,16H2,1-2H3,(H,26,29);4-8,13-14H,9-12,15H2,1-3H3,(H,24,27). The van der Waals surface area contributed by atoms with Gasteiger partial charge in [0.25, 0.3) is 0 Å². The number of benzene rings is 7. The van der Waals surface area contributed by atoms with Crippen molar-refractivity contribution in [1.82, 2.24) is 60.8 Å². The number of anilines is 4. The van der Waals surface area contributed by atoms with Crippen LogP contribution in [0.1, 0.15) is 148 Å². The average Bonchev–Trinajstić information content (AvgIpc) is 1.68. The van der Waals surface area contributed by atoms with Gasteiger partial charge in [-0.3, -0.25) is 39.2 Å². The zero-order chi connectivity index (χ0) is 85.5. The van der Waals surface area contributed by atoms with E-state index in [2.05, 4.69) is 239 Å². The molecule has 6 heterocycles. The van der Waals surface area contributed by atoms with Crippen molar-refractivity contribution >= 4 is 46.9 Å². The predicted molar refractivity (Wildman–Crippen MR) is 462 cm³/mol. The van der Waals surface area contributed by atoms with Gasteiger partial charge in [-0.15, -0.1) is 0 Å². The first-order valence-electron chi connectivity index (χ1n) is 41.8. The molecule has 23 nitrogen and oxygen atoms in total. The molecule has 0 atom stereocenters. The van der Waals surface area contributed by atoms with Crippen molar-refractivity contribution in [3.63, 3.8) is 0 Å². The van der Waals surface area contributed by atoms with Gasteiger partial charge < -0.3 is 26.0 Å². The topological polar surface area (TPSA) is 251 Å². The summed E-state index contributed by atoms with van der Waals surface area (Å²) in [7, 11) is 18.5. The van der Waals surface area contributed by atoms with Crippen molar-refractivity contribution in [2.45, 2.75) is 160 Å². The van der Waals surface area contributed by atoms with E-state index in [0.29, 0.717) is 44.2 Å². The third-order valence-electron chi connectivity index (χ3n) is 27.5. The molecule has 17 rings (SSSR count). The Morgan fingerprint density at radius 3 is 0.992 bits per heavy atom. The summed E-state index contributed by atoms with van der Waals surface area (Å²) in [6.45, 7) is 1.94. The number of nitrogens with zero attached hydrogens (tertiary/aromatic N) is 14. The number of hydrogen-bond donors (Lipinski definition) is 4. The molecule has 7 aromatic carbocycles. The number of methoxy groups -OCH3 is 1. The Bertz CT molecular complexity index is 5180. The molecule has 8 aliphatic rings. The number of aromatic nitrogens is 4. The second-order valence-corrected chi connectivity index (χ2v) is 34.8. The van der Waals surface area contributed by atoms with Crippen LogP contribution in [0.25, 0.3) is 0 Å². The highest BCUT2D eigenvalue weighted by atomic mass is 19.1. The Balaban J connectivity index is 0.000000132. The van der Waals surface area contributed by atoms with E-state index >= 15 is 0 Å². The zero-order valence-electron chi connectivity index (χ0n) is 70.6. The summed E-state index contributed by atoms with van der Waals surface area (Å²) in [5.74, 6) is -1.54. The first kappa shape index (κ1) is 85.6. The van der Waals surface area contributed by atoms with Crippen LogP contribution in [0.3, 0.4) is 0 Å². The SMILES string of the molecule is CN(C)C1(c2ccccc2)CCC2(CC1)CN(c1c(F)cc(C#N)cc1F)C(=O)N2.CN(C)C1(c2ccccc2)CCC2(CC1)CN(c1ccc(C#N)cc1F)C(=O)N2.CN(C)C1(c2ccccc2)CCC2(CC1)CN(c1cnc(CCc3ccccc3)nc1)C(=O)N2.COc1ncc(N2CC3(CCC(c4ccccc4)(N(C)C)CC3)NC2=O)cn1. The van der Waals surface area contributed by atoms with Crippen LogP contribution >= 0.6 is 0 Å². The lowest BCUT2D eigenvalue weighted by molar-refractivity contribution is 0.0657. The highest BCUT2D eigenvalue weighted by Gasteiger charge is 2.55. The molecular formula is C95H109F3N18O5. The van der Waals surface area contributed by atoms with E-state index in [1.54, 1.807) is 41.8 Å². The Hall–Kier alpha value is -11.8. The van der Waals surface area contributed by atoms with Crippen LogP contribution in [0, 0.1) is 40.1 Å². The summed E-state index contributed by atoms with van der Waals surface area (Å²) in [6, 6.07) is 61.9. The molecule has 26 heteroatoms. The fourth-order valence-electron chi connectivity index (χ4n) is 20.1. The summed E-state index contributed by atoms with van der Waals surface area (Å²) in [5.41, 5.74) is 6.46. The number of ether oxygens (including phenoxy) is 1. The van der Waals surface area contributed by atoms with Gasteiger partial charge >= 0.3 is 30.1 Å². The maximum absolute atomic E-state index is 14.5. The van der Waals surface area contributed by atoms with Gasteiger partial charge in [-0.1, -0.05) is 152 Å². The van der Waals surface area contributed by atoms with Gasteiger partial charge in [0.05, 0.1) is 121 Å². The molecule has 4 aliphatic heterocycles. The van der Waals surface area contributed by atoms with Crippen LogP contribution in [-0.2, 0) is 35.0 Å². The molecule has 0 radical (unpaired) electrons. The number of nitriles is 2. The molecule has 4 saturated heterocycles. The number of halogens is 3. The summed E-state index contributed by atoms with van der Waals surface area (Å²) in [4.78, 5) is 83.7. The van der Waals surface area contributed by atoms with Gasteiger partial charge in [-0.25, -0.2) is 52.3 Å². The molecule has 630 valence electrons. The Morgan fingerprint density at radius 1 is 0.372 bits per heavy atom. The van der Waals surface area contributed by atoms with Gasteiger partial charge in [-0.2, -0.15) is 10.5 Å². The molecule has 4 N–H and O–H groups in total. The molecule has 4 spiro atoms. The van der Waals surface area contributed by atoms with E-state index in [4.69, 9.17) is 15.3 Å². The monoisotopic (exact) mass is 1640 g/mol. The van der Waals surface area contributed by atoms with Gasteiger partial charge in [0, 0.05) is 28.6 Å². The van der Waals surface area contributed by atoms with Crippen LogP contribution in [-0.4, -0.2) is 175 Å². The number of urea groups is 4. The Labute approximate surface area is 707 Å².